The first kappa shape index (κ1) is 47.6. The largest absolute Gasteiger partial charge is 0.311 e. The Kier molecular flexibility index (Phi) is 11.2. The molecule has 0 N–H and O–H groups in total. The maximum atomic E-state index is 10.5. The lowest BCUT2D eigenvalue weighted by molar-refractivity contribution is 1.06. The molecule has 2 aliphatic heterocycles. The van der Waals surface area contributed by atoms with Crippen LogP contribution < -0.4 is 26.2 Å². The molecule has 9 nitrogen and oxygen atoms in total. The number of benzene rings is 11. The lowest BCUT2D eigenvalue weighted by atomic mass is 9.33. The Balaban J connectivity index is 1.00. The zero-order valence-corrected chi connectivity index (χ0v) is 43.9. The summed E-state index contributed by atoms with van der Waals surface area (Å²) in [6.07, 6.45) is 0. The maximum Gasteiger partial charge on any atom is 0.252 e. The van der Waals surface area contributed by atoms with Crippen molar-refractivity contribution in [2.75, 3.05) is 9.80 Å². The molecule has 13 aromatic rings. The molecule has 2 aromatic heterocycles. The van der Waals surface area contributed by atoms with E-state index in [-0.39, 0.29) is 6.71 Å². The Morgan fingerprint density at radius 3 is 1.21 bits per heavy atom. The van der Waals surface area contributed by atoms with E-state index in [1.54, 1.807) is 0 Å². The molecule has 4 heterocycles. The highest BCUT2D eigenvalue weighted by atomic mass is 15.2. The molecule has 0 amide bonds. The summed E-state index contributed by atoms with van der Waals surface area (Å²) in [6.45, 7) is -0.222. The highest BCUT2D eigenvalue weighted by molar-refractivity contribution is 7.00. The van der Waals surface area contributed by atoms with Crippen molar-refractivity contribution in [2.45, 2.75) is 0 Å². The highest BCUT2D eigenvalue weighted by Gasteiger charge is 2.44. The van der Waals surface area contributed by atoms with Gasteiger partial charge in [-0.1, -0.05) is 152 Å². The molecule has 15 rings (SSSR count). The van der Waals surface area contributed by atoms with Gasteiger partial charge in [0.05, 0.1) is 51.6 Å². The van der Waals surface area contributed by atoms with Gasteiger partial charge in [0, 0.05) is 61.6 Å². The van der Waals surface area contributed by atoms with Crippen molar-refractivity contribution in [3.63, 3.8) is 0 Å². The number of para-hydroxylation sites is 2. The van der Waals surface area contributed by atoms with Crippen molar-refractivity contribution in [2.24, 2.45) is 0 Å². The van der Waals surface area contributed by atoms with Gasteiger partial charge in [-0.15, -0.1) is 0 Å². The highest BCUT2D eigenvalue weighted by Crippen LogP contribution is 2.48. The lowest BCUT2D eigenvalue weighted by Gasteiger charge is -2.44. The number of fused-ring (bicyclic) bond motifs is 7. The molecular weight excluding hydrogens is 1000 g/mol. The molecule has 0 aliphatic carbocycles. The SMILES string of the molecule is N#Cc1ccc(-n2c3ccc(-c4ccccc4)cc3c3cc(-c4cc5c6c(c4)N(c4ccccc4)c4cc(C#N)ccc4B6c4ccc(C#N)cc4N5c4ccccc4)ccc32)c(-c2nc(-c3ccccc3)nc(-c3ccccc3)n2)c1. The van der Waals surface area contributed by atoms with Crippen molar-refractivity contribution in [1.29, 1.82) is 15.8 Å². The molecule has 11 aromatic carbocycles. The van der Waals surface area contributed by atoms with E-state index in [9.17, 15) is 15.8 Å². The molecular formula is C72H42BN9. The Bertz CT molecular complexity index is 4660. The zero-order chi connectivity index (χ0) is 54.8. The van der Waals surface area contributed by atoms with E-state index in [4.69, 9.17) is 15.0 Å². The summed E-state index contributed by atoms with van der Waals surface area (Å²) < 4.78 is 2.27. The van der Waals surface area contributed by atoms with Crippen LogP contribution in [-0.2, 0) is 0 Å². The van der Waals surface area contributed by atoms with Gasteiger partial charge in [0.2, 0.25) is 0 Å². The van der Waals surface area contributed by atoms with Crippen LogP contribution in [0.1, 0.15) is 16.7 Å². The fourth-order valence-electron chi connectivity index (χ4n) is 12.2. The first-order valence-electron chi connectivity index (χ1n) is 27.0. The van der Waals surface area contributed by atoms with Crippen molar-refractivity contribution in [3.8, 4) is 80.3 Å². The summed E-state index contributed by atoms with van der Waals surface area (Å²) in [5.41, 5.74) is 19.8. The molecule has 0 atom stereocenters. The average Bonchev–Trinajstić information content (AvgIpc) is 1.43. The Morgan fingerprint density at radius 1 is 0.317 bits per heavy atom. The van der Waals surface area contributed by atoms with Gasteiger partial charge in [0.25, 0.3) is 6.71 Å². The summed E-state index contributed by atoms with van der Waals surface area (Å²) in [7, 11) is 0. The molecule has 0 saturated carbocycles. The monoisotopic (exact) mass is 1040 g/mol. The van der Waals surface area contributed by atoms with Crippen molar-refractivity contribution < 1.29 is 0 Å². The quantitative estimate of drug-likeness (QED) is 0.138. The summed E-state index contributed by atoms with van der Waals surface area (Å²) in [4.78, 5) is 20.0. The standard InChI is InChI=1S/C72H42BN9/c74-43-46-28-33-64(59(36-46)72-78-70(50-18-8-2-9-19-50)77-71(79-72)51-20-10-3-11-21-51)82-62-34-29-52(49-16-6-1-7-17-49)39-57(62)58-40-53(30-35-63(58)82)54-41-67-69-68(42-54)81(56-24-14-5-15-25-56)66-38-48(45-76)27-32-61(66)73(69)60-31-26-47(44-75)37-65(60)80(67)55-22-12-4-13-23-55/h1-42H. The van der Waals surface area contributed by atoms with E-state index < -0.39 is 0 Å². The molecule has 0 fully saturated rings. The van der Waals surface area contributed by atoms with Crippen LogP contribution in [0, 0.1) is 34.0 Å². The summed E-state index contributed by atoms with van der Waals surface area (Å²) in [5.74, 6) is 1.48. The van der Waals surface area contributed by atoms with Gasteiger partial charge >= 0.3 is 0 Å². The van der Waals surface area contributed by atoms with Crippen molar-refractivity contribution >= 4 is 79.0 Å². The fraction of sp³-hybridized carbons (Fsp3) is 0. The van der Waals surface area contributed by atoms with Crippen LogP contribution in [0.25, 0.3) is 83.9 Å². The molecule has 0 unspecified atom stereocenters. The molecule has 82 heavy (non-hydrogen) atoms. The molecule has 10 heteroatoms. The predicted molar refractivity (Wildman–Crippen MR) is 330 cm³/mol. The van der Waals surface area contributed by atoms with Crippen molar-refractivity contribution in [3.05, 3.63) is 271 Å². The molecule has 0 radical (unpaired) electrons. The van der Waals surface area contributed by atoms with Crippen LogP contribution >= 0.6 is 0 Å². The smallest absolute Gasteiger partial charge is 0.252 e. The van der Waals surface area contributed by atoms with Crippen LogP contribution in [0.2, 0.25) is 0 Å². The van der Waals surface area contributed by atoms with Gasteiger partial charge in [0.1, 0.15) is 0 Å². The predicted octanol–water partition coefficient (Wildman–Crippen LogP) is 15.0. The number of anilines is 6. The van der Waals surface area contributed by atoms with Crippen LogP contribution in [0.15, 0.2) is 255 Å². The van der Waals surface area contributed by atoms with E-state index >= 15 is 0 Å². The number of nitrogens with zero attached hydrogens (tertiary/aromatic N) is 9. The van der Waals surface area contributed by atoms with Crippen LogP contribution in [-0.4, -0.2) is 26.2 Å². The first-order chi connectivity index (χ1) is 40.5. The molecule has 2 aliphatic rings. The second kappa shape index (κ2) is 19.4. The summed E-state index contributed by atoms with van der Waals surface area (Å²) in [5, 5.41) is 33.4. The minimum Gasteiger partial charge on any atom is -0.311 e. The number of hydrogen-bond acceptors (Lipinski definition) is 8. The Labute approximate surface area is 473 Å². The van der Waals surface area contributed by atoms with E-state index in [1.807, 2.05) is 121 Å². The number of aromatic nitrogens is 4. The minimum absolute atomic E-state index is 0.222. The van der Waals surface area contributed by atoms with E-state index in [0.717, 1.165) is 111 Å². The van der Waals surface area contributed by atoms with Gasteiger partial charge in [-0.3, -0.25) is 0 Å². The molecule has 0 spiro atoms. The third-order valence-corrected chi connectivity index (χ3v) is 15.9. The van der Waals surface area contributed by atoms with Crippen molar-refractivity contribution in [1.82, 2.24) is 19.5 Å². The van der Waals surface area contributed by atoms with Gasteiger partial charge in [-0.05, 0) is 142 Å². The number of nitriles is 3. The third kappa shape index (κ3) is 7.81. The van der Waals surface area contributed by atoms with E-state index in [2.05, 4.69) is 166 Å². The third-order valence-electron chi connectivity index (χ3n) is 15.9. The fourth-order valence-corrected chi connectivity index (χ4v) is 12.2. The van der Waals surface area contributed by atoms with Gasteiger partial charge in [-0.2, -0.15) is 15.8 Å². The first-order valence-corrected chi connectivity index (χ1v) is 27.0. The maximum absolute atomic E-state index is 10.5. The number of rotatable bonds is 8. The number of hydrogen-bond donors (Lipinski definition) is 0. The molecule has 378 valence electrons. The van der Waals surface area contributed by atoms with Crippen LogP contribution in [0.3, 0.4) is 0 Å². The minimum atomic E-state index is -0.222. The topological polar surface area (TPSA) is 121 Å². The van der Waals surface area contributed by atoms with Gasteiger partial charge in [0.15, 0.2) is 17.5 Å². The normalized spacial score (nSPS) is 12.0. The summed E-state index contributed by atoms with van der Waals surface area (Å²) in [6, 6.07) is 94.1. The Hall–Kier alpha value is -11.6. The van der Waals surface area contributed by atoms with Crippen LogP contribution in [0.4, 0.5) is 34.1 Å². The summed E-state index contributed by atoms with van der Waals surface area (Å²) >= 11 is 0. The zero-order valence-electron chi connectivity index (χ0n) is 43.9. The Morgan fingerprint density at radius 2 is 0.732 bits per heavy atom. The van der Waals surface area contributed by atoms with Gasteiger partial charge in [-0.25, -0.2) is 15.0 Å². The van der Waals surface area contributed by atoms with E-state index in [0.29, 0.717) is 39.7 Å². The van der Waals surface area contributed by atoms with Crippen LogP contribution in [0.5, 0.6) is 0 Å². The molecule has 0 bridgehead atoms. The molecule has 0 saturated heterocycles. The van der Waals surface area contributed by atoms with E-state index in [1.165, 1.54) is 0 Å². The average molecular weight is 1040 g/mol. The van der Waals surface area contributed by atoms with Gasteiger partial charge < -0.3 is 14.4 Å². The second-order valence-corrected chi connectivity index (χ2v) is 20.5. The lowest BCUT2D eigenvalue weighted by Crippen LogP contribution is -2.61. The second-order valence-electron chi connectivity index (χ2n) is 20.5.